The maximum Gasteiger partial charge on any atom is 0.265 e. The van der Waals surface area contributed by atoms with Crippen molar-refractivity contribution in [2.45, 2.75) is 50.6 Å². The monoisotopic (exact) mass is 480 g/mol. The summed E-state index contributed by atoms with van der Waals surface area (Å²) in [6.07, 6.45) is 1.51. The van der Waals surface area contributed by atoms with E-state index in [4.69, 9.17) is 4.74 Å². The first kappa shape index (κ1) is 21.8. The number of hydrogen-bond donors (Lipinski definition) is 1. The molecule has 0 fully saturated rings. The van der Waals surface area contributed by atoms with Crippen LogP contribution in [0.5, 0.6) is 5.75 Å². The first-order chi connectivity index (χ1) is 13.7. The van der Waals surface area contributed by atoms with E-state index in [9.17, 15) is 13.2 Å². The summed E-state index contributed by atoms with van der Waals surface area (Å²) >= 11 is 3.46. The Labute approximate surface area is 180 Å². The molecule has 8 heteroatoms. The Kier molecular flexibility index (Phi) is 6.65. The summed E-state index contributed by atoms with van der Waals surface area (Å²) in [6, 6.07) is 11.9. The molecule has 0 radical (unpaired) electrons. The van der Waals surface area contributed by atoms with Crippen LogP contribution in [-0.4, -0.2) is 33.0 Å². The number of ether oxygens (including phenoxy) is 1. The van der Waals surface area contributed by atoms with Crippen LogP contribution in [0.15, 0.2) is 51.8 Å². The minimum absolute atomic E-state index is 0.0644. The number of sulfonamides is 1. The molecule has 6 nitrogen and oxygen atoms in total. The van der Waals surface area contributed by atoms with Crippen LogP contribution in [0.1, 0.15) is 32.8 Å². The minimum Gasteiger partial charge on any atom is -0.484 e. The van der Waals surface area contributed by atoms with E-state index in [0.29, 0.717) is 12.2 Å². The highest BCUT2D eigenvalue weighted by molar-refractivity contribution is 9.10. The van der Waals surface area contributed by atoms with Gasteiger partial charge in [0.15, 0.2) is 6.61 Å². The van der Waals surface area contributed by atoms with Gasteiger partial charge in [0.05, 0.1) is 4.90 Å². The number of anilines is 1. The Balaban J connectivity index is 1.64. The van der Waals surface area contributed by atoms with Crippen LogP contribution in [0.3, 0.4) is 0 Å². The number of carbonyl (C=O) groups is 1. The molecule has 156 valence electrons. The quantitative estimate of drug-likeness (QED) is 0.652. The zero-order valence-corrected chi connectivity index (χ0v) is 19.1. The fraction of sp³-hybridized carbons (Fsp3) is 0.381. The zero-order valence-electron chi connectivity index (χ0n) is 16.7. The van der Waals surface area contributed by atoms with Crippen molar-refractivity contribution in [1.29, 1.82) is 0 Å². The lowest BCUT2D eigenvalue weighted by molar-refractivity contribution is -0.120. The molecule has 2 aromatic carbocycles. The summed E-state index contributed by atoms with van der Waals surface area (Å²) in [7, 11) is -3.56. The molecule has 29 heavy (non-hydrogen) atoms. The largest absolute Gasteiger partial charge is 0.484 e. The van der Waals surface area contributed by atoms with Gasteiger partial charge in [-0.1, -0.05) is 22.9 Å². The van der Waals surface area contributed by atoms with Gasteiger partial charge >= 0.3 is 0 Å². The maximum absolute atomic E-state index is 12.7. The van der Waals surface area contributed by atoms with Crippen LogP contribution in [0.2, 0.25) is 0 Å². The van der Waals surface area contributed by atoms with Gasteiger partial charge in [0.2, 0.25) is 10.0 Å². The van der Waals surface area contributed by atoms with Gasteiger partial charge in [-0.2, -0.15) is 0 Å². The standard InChI is InChI=1S/C21H25BrN2O4S/c1-4-14(2)23-29(26,27)19-8-6-18(7-9-19)28-13-21(25)24-15(3)11-16-12-17(22)5-10-20(16)24/h5-10,12,14-15,23H,4,11,13H2,1-3H3/t14-,15+/m1/s1. The van der Waals surface area contributed by atoms with Crippen molar-refractivity contribution in [2.24, 2.45) is 0 Å². The topological polar surface area (TPSA) is 75.7 Å². The molecular weight excluding hydrogens is 456 g/mol. The summed E-state index contributed by atoms with van der Waals surface area (Å²) in [6.45, 7) is 5.63. The number of hydrogen-bond acceptors (Lipinski definition) is 4. The molecule has 1 aliphatic heterocycles. The summed E-state index contributed by atoms with van der Waals surface area (Å²) in [5.41, 5.74) is 2.04. The molecule has 0 bridgehead atoms. The molecule has 0 unspecified atom stereocenters. The van der Waals surface area contributed by atoms with Gasteiger partial charge in [-0.15, -0.1) is 0 Å². The Morgan fingerprint density at radius 1 is 1.28 bits per heavy atom. The molecule has 1 amide bonds. The molecule has 0 saturated carbocycles. The number of amides is 1. The molecule has 1 heterocycles. The molecule has 3 rings (SSSR count). The van der Waals surface area contributed by atoms with Crippen LogP contribution in [0.25, 0.3) is 0 Å². The minimum atomic E-state index is -3.56. The van der Waals surface area contributed by atoms with Crippen molar-refractivity contribution in [2.75, 3.05) is 11.5 Å². The van der Waals surface area contributed by atoms with E-state index in [0.717, 1.165) is 22.1 Å². The first-order valence-electron chi connectivity index (χ1n) is 9.57. The van der Waals surface area contributed by atoms with E-state index in [2.05, 4.69) is 20.7 Å². The number of rotatable bonds is 7. The fourth-order valence-electron chi connectivity index (χ4n) is 3.33. The summed E-state index contributed by atoms with van der Waals surface area (Å²) in [5, 5.41) is 0. The molecule has 0 aromatic heterocycles. The normalized spacial score (nSPS) is 17.1. The fourth-order valence-corrected chi connectivity index (χ4v) is 5.06. The molecule has 0 saturated heterocycles. The second-order valence-corrected chi connectivity index (χ2v) is 9.91. The highest BCUT2D eigenvalue weighted by atomic mass is 79.9. The SMILES string of the molecule is CC[C@@H](C)NS(=O)(=O)c1ccc(OCC(=O)N2c3ccc(Br)cc3C[C@@H]2C)cc1. The molecule has 2 atom stereocenters. The number of nitrogens with zero attached hydrogens (tertiary/aromatic N) is 1. The Morgan fingerprint density at radius 3 is 2.62 bits per heavy atom. The Hall–Kier alpha value is -1.90. The second kappa shape index (κ2) is 8.85. The van der Waals surface area contributed by atoms with Gasteiger partial charge in [-0.3, -0.25) is 4.79 Å². The lowest BCUT2D eigenvalue weighted by Gasteiger charge is -2.22. The van der Waals surface area contributed by atoms with Gasteiger partial charge < -0.3 is 9.64 Å². The number of benzene rings is 2. The van der Waals surface area contributed by atoms with E-state index in [1.54, 1.807) is 17.0 Å². The third-order valence-electron chi connectivity index (χ3n) is 4.99. The van der Waals surface area contributed by atoms with Crippen molar-refractivity contribution >= 4 is 37.5 Å². The van der Waals surface area contributed by atoms with Crippen molar-refractivity contribution < 1.29 is 17.9 Å². The van der Waals surface area contributed by atoms with E-state index in [-0.39, 0.29) is 29.5 Å². The van der Waals surface area contributed by atoms with E-state index < -0.39 is 10.0 Å². The van der Waals surface area contributed by atoms with Gasteiger partial charge in [0.1, 0.15) is 5.75 Å². The number of carbonyl (C=O) groups excluding carboxylic acids is 1. The van der Waals surface area contributed by atoms with Crippen molar-refractivity contribution in [3.8, 4) is 5.75 Å². The predicted octanol–water partition coefficient (Wildman–Crippen LogP) is 3.88. The molecule has 1 aliphatic rings. The number of nitrogens with one attached hydrogen (secondary N) is 1. The van der Waals surface area contributed by atoms with Crippen molar-refractivity contribution in [1.82, 2.24) is 4.72 Å². The van der Waals surface area contributed by atoms with Crippen molar-refractivity contribution in [3.05, 3.63) is 52.5 Å². The van der Waals surface area contributed by atoms with E-state index in [1.165, 1.54) is 12.1 Å². The lowest BCUT2D eigenvalue weighted by Crippen LogP contribution is -2.39. The van der Waals surface area contributed by atoms with Gasteiger partial charge in [0.25, 0.3) is 5.91 Å². The third kappa shape index (κ3) is 4.99. The van der Waals surface area contributed by atoms with Gasteiger partial charge in [-0.05, 0) is 74.7 Å². The van der Waals surface area contributed by atoms with Crippen LogP contribution >= 0.6 is 15.9 Å². The third-order valence-corrected chi connectivity index (χ3v) is 7.09. The molecular formula is C21H25BrN2O4S. The summed E-state index contributed by atoms with van der Waals surface area (Å²) < 4.78 is 33.9. The number of fused-ring (bicyclic) bond motifs is 1. The van der Waals surface area contributed by atoms with Gasteiger partial charge in [0, 0.05) is 22.2 Å². The van der Waals surface area contributed by atoms with Crippen molar-refractivity contribution in [3.63, 3.8) is 0 Å². The maximum atomic E-state index is 12.7. The Morgan fingerprint density at radius 2 is 1.97 bits per heavy atom. The average Bonchev–Trinajstić information content (AvgIpc) is 3.00. The van der Waals surface area contributed by atoms with Crippen LogP contribution in [0.4, 0.5) is 5.69 Å². The summed E-state index contributed by atoms with van der Waals surface area (Å²) in [4.78, 5) is 14.7. The molecule has 0 spiro atoms. The first-order valence-corrected chi connectivity index (χ1v) is 11.8. The van der Waals surface area contributed by atoms with Crippen LogP contribution in [-0.2, 0) is 21.2 Å². The lowest BCUT2D eigenvalue weighted by atomic mass is 10.1. The van der Waals surface area contributed by atoms with E-state index >= 15 is 0 Å². The molecule has 1 N–H and O–H groups in total. The summed E-state index contributed by atoms with van der Waals surface area (Å²) in [5.74, 6) is 0.317. The average molecular weight is 481 g/mol. The molecule has 2 aromatic rings. The van der Waals surface area contributed by atoms with Gasteiger partial charge in [-0.25, -0.2) is 13.1 Å². The zero-order chi connectivity index (χ0) is 21.2. The molecule has 0 aliphatic carbocycles. The number of halogens is 1. The van der Waals surface area contributed by atoms with E-state index in [1.807, 2.05) is 39.0 Å². The Bertz CT molecular complexity index is 992. The van der Waals surface area contributed by atoms with Crippen LogP contribution in [0, 0.1) is 0 Å². The highest BCUT2D eigenvalue weighted by Crippen LogP contribution is 2.34. The smallest absolute Gasteiger partial charge is 0.265 e. The second-order valence-electron chi connectivity index (χ2n) is 7.28. The highest BCUT2D eigenvalue weighted by Gasteiger charge is 2.31. The van der Waals surface area contributed by atoms with Crippen LogP contribution < -0.4 is 14.4 Å². The predicted molar refractivity (Wildman–Crippen MR) is 117 cm³/mol.